The van der Waals surface area contributed by atoms with Crippen LogP contribution in [0.4, 0.5) is 5.69 Å². The lowest BCUT2D eigenvalue weighted by Gasteiger charge is -2.28. The summed E-state index contributed by atoms with van der Waals surface area (Å²) in [6.45, 7) is 8.82. The standard InChI is InChI=1S/C30H32N4S/c1-5-22-14-16-24(17-15-22)34-29(28(32-30(34)35)26-12-9-10-18-31-26)25-19-20(3)33(21(25)4)27-13-8-7-11-23(27)6-2/h7-19,28-29H,5-6H2,1-4H3,(H,32,35)/t28-,29+/m1/s1. The Kier molecular flexibility index (Phi) is 6.44. The van der Waals surface area contributed by atoms with Crippen molar-refractivity contribution < 1.29 is 0 Å². The summed E-state index contributed by atoms with van der Waals surface area (Å²) in [6.07, 6.45) is 3.86. The fourth-order valence-corrected chi connectivity index (χ4v) is 5.67. The van der Waals surface area contributed by atoms with Gasteiger partial charge in [-0.05, 0) is 92.0 Å². The first-order valence-corrected chi connectivity index (χ1v) is 12.8. The summed E-state index contributed by atoms with van der Waals surface area (Å²) in [7, 11) is 0. The number of hydrogen-bond acceptors (Lipinski definition) is 2. The number of anilines is 1. The second-order valence-electron chi connectivity index (χ2n) is 9.16. The lowest BCUT2D eigenvalue weighted by Crippen LogP contribution is -2.29. The highest BCUT2D eigenvalue weighted by atomic mass is 32.1. The largest absolute Gasteiger partial charge is 0.351 e. The fourth-order valence-electron chi connectivity index (χ4n) is 5.33. The molecule has 0 aliphatic carbocycles. The zero-order valence-corrected chi connectivity index (χ0v) is 21.6. The predicted octanol–water partition coefficient (Wildman–Crippen LogP) is 6.79. The van der Waals surface area contributed by atoms with E-state index in [-0.39, 0.29) is 12.1 Å². The van der Waals surface area contributed by atoms with Crippen LogP contribution in [0.15, 0.2) is 79.0 Å². The minimum absolute atomic E-state index is 0.0152. The van der Waals surface area contributed by atoms with Gasteiger partial charge in [-0.3, -0.25) is 4.98 Å². The summed E-state index contributed by atoms with van der Waals surface area (Å²) in [5.41, 5.74) is 9.71. The fraction of sp³-hybridized carbons (Fsp3) is 0.267. The summed E-state index contributed by atoms with van der Waals surface area (Å²) >= 11 is 5.93. The molecule has 0 saturated carbocycles. The zero-order chi connectivity index (χ0) is 24.5. The van der Waals surface area contributed by atoms with Crippen molar-refractivity contribution in [2.75, 3.05) is 4.90 Å². The molecule has 1 aliphatic heterocycles. The molecule has 0 bridgehead atoms. The number of rotatable bonds is 6. The minimum Gasteiger partial charge on any atom is -0.351 e. The first-order valence-electron chi connectivity index (χ1n) is 12.4. The van der Waals surface area contributed by atoms with E-state index in [2.05, 4.69) is 103 Å². The van der Waals surface area contributed by atoms with Crippen molar-refractivity contribution in [2.45, 2.75) is 52.6 Å². The van der Waals surface area contributed by atoms with E-state index in [1.54, 1.807) is 0 Å². The average molecular weight is 481 g/mol. The Bertz CT molecular complexity index is 1340. The van der Waals surface area contributed by atoms with Crippen molar-refractivity contribution in [3.05, 3.63) is 113 Å². The Morgan fingerprint density at radius 2 is 1.66 bits per heavy atom. The van der Waals surface area contributed by atoms with Crippen molar-refractivity contribution in [1.82, 2.24) is 14.9 Å². The van der Waals surface area contributed by atoms with Crippen LogP contribution in [0.3, 0.4) is 0 Å². The monoisotopic (exact) mass is 480 g/mol. The molecule has 178 valence electrons. The molecule has 0 spiro atoms. The Labute approximate surface area is 213 Å². The first-order chi connectivity index (χ1) is 17.0. The molecule has 1 aliphatic rings. The van der Waals surface area contributed by atoms with Gasteiger partial charge in [0.2, 0.25) is 0 Å². The molecule has 0 radical (unpaired) electrons. The second kappa shape index (κ2) is 9.67. The third kappa shape index (κ3) is 4.14. The van der Waals surface area contributed by atoms with Crippen molar-refractivity contribution in [1.29, 1.82) is 0 Å². The SMILES string of the molecule is CCc1ccc(N2C(=S)N[C@H](c3ccccn3)[C@@H]2c2cc(C)n(-c3ccccc3CC)c2C)cc1. The Hall–Kier alpha value is -3.44. The van der Waals surface area contributed by atoms with Crippen LogP contribution >= 0.6 is 12.2 Å². The molecule has 0 unspecified atom stereocenters. The maximum Gasteiger partial charge on any atom is 0.174 e. The van der Waals surface area contributed by atoms with Gasteiger partial charge in [0.25, 0.3) is 0 Å². The quantitative estimate of drug-likeness (QED) is 0.308. The highest BCUT2D eigenvalue weighted by Crippen LogP contribution is 2.44. The Morgan fingerprint density at radius 1 is 0.914 bits per heavy atom. The van der Waals surface area contributed by atoms with Crippen molar-refractivity contribution in [2.24, 2.45) is 0 Å². The van der Waals surface area contributed by atoms with E-state index in [1.807, 2.05) is 18.3 Å². The van der Waals surface area contributed by atoms with Gasteiger partial charge in [0.05, 0.1) is 17.8 Å². The molecule has 2 aromatic carbocycles. The molecule has 5 heteroatoms. The van der Waals surface area contributed by atoms with Crippen molar-refractivity contribution in [3.8, 4) is 5.69 Å². The van der Waals surface area contributed by atoms with Gasteiger partial charge in [-0.2, -0.15) is 0 Å². The van der Waals surface area contributed by atoms with E-state index in [9.17, 15) is 0 Å². The van der Waals surface area contributed by atoms with Gasteiger partial charge in [-0.1, -0.05) is 50.2 Å². The van der Waals surface area contributed by atoms with Crippen LogP contribution in [-0.2, 0) is 12.8 Å². The van der Waals surface area contributed by atoms with Crippen LogP contribution in [0.5, 0.6) is 0 Å². The summed E-state index contributed by atoms with van der Waals surface area (Å²) in [4.78, 5) is 6.99. The van der Waals surface area contributed by atoms with Crippen LogP contribution in [0.2, 0.25) is 0 Å². The van der Waals surface area contributed by atoms with Gasteiger partial charge >= 0.3 is 0 Å². The van der Waals surface area contributed by atoms with Gasteiger partial charge in [0.15, 0.2) is 5.11 Å². The summed E-state index contributed by atoms with van der Waals surface area (Å²) in [5, 5.41) is 4.33. The van der Waals surface area contributed by atoms with Crippen molar-refractivity contribution >= 4 is 23.0 Å². The van der Waals surface area contributed by atoms with Gasteiger partial charge in [-0.25, -0.2) is 0 Å². The molecule has 4 aromatic rings. The number of aryl methyl sites for hydroxylation is 3. The van der Waals surface area contributed by atoms with Gasteiger partial charge in [0.1, 0.15) is 0 Å². The molecule has 5 rings (SSSR count). The number of hydrogen-bond donors (Lipinski definition) is 1. The third-order valence-electron chi connectivity index (χ3n) is 7.12. The van der Waals surface area contributed by atoms with Crippen LogP contribution in [0.25, 0.3) is 5.69 Å². The number of para-hydroxylation sites is 1. The van der Waals surface area contributed by atoms with E-state index >= 15 is 0 Å². The number of thiocarbonyl (C=S) groups is 1. The van der Waals surface area contributed by atoms with E-state index in [0.29, 0.717) is 0 Å². The van der Waals surface area contributed by atoms with E-state index in [0.717, 1.165) is 29.3 Å². The van der Waals surface area contributed by atoms with Gasteiger partial charge in [-0.15, -0.1) is 0 Å². The molecule has 2 atom stereocenters. The molecule has 1 N–H and O–H groups in total. The molecule has 3 heterocycles. The molecule has 1 saturated heterocycles. The van der Waals surface area contributed by atoms with Gasteiger partial charge in [0, 0.05) is 29.0 Å². The van der Waals surface area contributed by atoms with Crippen LogP contribution in [-0.4, -0.2) is 14.7 Å². The molecule has 1 fully saturated rings. The number of benzene rings is 2. The average Bonchev–Trinajstić information content (AvgIpc) is 3.39. The van der Waals surface area contributed by atoms with Gasteiger partial charge < -0.3 is 14.8 Å². The predicted molar refractivity (Wildman–Crippen MR) is 148 cm³/mol. The van der Waals surface area contributed by atoms with Crippen LogP contribution in [0, 0.1) is 13.8 Å². The number of nitrogens with zero attached hydrogens (tertiary/aromatic N) is 3. The molecule has 35 heavy (non-hydrogen) atoms. The summed E-state index contributed by atoms with van der Waals surface area (Å²) in [6, 6.07) is 25.8. The molecule has 0 amide bonds. The number of nitrogens with one attached hydrogen (secondary N) is 1. The molecule has 4 nitrogen and oxygen atoms in total. The summed E-state index contributed by atoms with van der Waals surface area (Å²) < 4.78 is 2.39. The Morgan fingerprint density at radius 3 is 2.34 bits per heavy atom. The highest BCUT2D eigenvalue weighted by Gasteiger charge is 2.42. The molecular weight excluding hydrogens is 448 g/mol. The summed E-state index contributed by atoms with van der Waals surface area (Å²) in [5.74, 6) is 0. The van der Waals surface area contributed by atoms with E-state index < -0.39 is 0 Å². The maximum atomic E-state index is 5.93. The first kappa shape index (κ1) is 23.3. The third-order valence-corrected chi connectivity index (χ3v) is 7.44. The minimum atomic E-state index is -0.0510. The molecular formula is C30H32N4S. The Balaban J connectivity index is 1.68. The second-order valence-corrected chi connectivity index (χ2v) is 9.55. The normalized spacial score (nSPS) is 17.6. The van der Waals surface area contributed by atoms with E-state index in [1.165, 1.54) is 33.8 Å². The maximum absolute atomic E-state index is 5.93. The number of aromatic nitrogens is 2. The van der Waals surface area contributed by atoms with Crippen LogP contribution in [0.1, 0.15) is 59.7 Å². The number of pyridine rings is 1. The van der Waals surface area contributed by atoms with E-state index in [4.69, 9.17) is 17.2 Å². The lowest BCUT2D eigenvalue weighted by atomic mass is 9.96. The smallest absolute Gasteiger partial charge is 0.174 e. The topological polar surface area (TPSA) is 33.1 Å². The highest BCUT2D eigenvalue weighted by molar-refractivity contribution is 7.80. The zero-order valence-electron chi connectivity index (χ0n) is 20.8. The molecule has 2 aromatic heterocycles. The van der Waals surface area contributed by atoms with Crippen molar-refractivity contribution in [3.63, 3.8) is 0 Å². The lowest BCUT2D eigenvalue weighted by molar-refractivity contribution is 0.565. The van der Waals surface area contributed by atoms with Crippen LogP contribution < -0.4 is 10.2 Å².